The van der Waals surface area contributed by atoms with Crippen molar-refractivity contribution in [1.82, 2.24) is 4.98 Å². The van der Waals surface area contributed by atoms with Crippen molar-refractivity contribution in [3.05, 3.63) is 77.7 Å². The Bertz CT molecular complexity index is 1340. The lowest BCUT2D eigenvalue weighted by Gasteiger charge is -2.16. The van der Waals surface area contributed by atoms with E-state index >= 15 is 0 Å². The van der Waals surface area contributed by atoms with E-state index in [4.69, 9.17) is 0 Å². The highest BCUT2D eigenvalue weighted by Crippen LogP contribution is 2.27. The second-order valence-electron chi connectivity index (χ2n) is 7.18. The van der Waals surface area contributed by atoms with Crippen molar-refractivity contribution in [1.29, 1.82) is 0 Å². The molecular weight excluding hydrogens is 430 g/mol. The van der Waals surface area contributed by atoms with Gasteiger partial charge in [-0.25, -0.2) is 13.4 Å². The second kappa shape index (κ2) is 8.49. The van der Waals surface area contributed by atoms with Crippen molar-refractivity contribution in [2.75, 3.05) is 22.9 Å². The van der Waals surface area contributed by atoms with Crippen LogP contribution < -0.4 is 9.62 Å². The largest absolute Gasteiger partial charge is 0.302 e. The van der Waals surface area contributed by atoms with Crippen LogP contribution in [0.2, 0.25) is 0 Å². The van der Waals surface area contributed by atoms with Crippen molar-refractivity contribution < 1.29 is 13.2 Å². The van der Waals surface area contributed by atoms with Gasteiger partial charge in [-0.1, -0.05) is 54.6 Å². The third-order valence-corrected chi connectivity index (χ3v) is 6.97. The summed E-state index contributed by atoms with van der Waals surface area (Å²) in [6.45, 7) is 0. The Morgan fingerprint density at radius 2 is 1.74 bits per heavy atom. The van der Waals surface area contributed by atoms with E-state index in [9.17, 15) is 13.2 Å². The van der Waals surface area contributed by atoms with E-state index in [1.165, 1.54) is 22.7 Å². The molecule has 0 saturated heterocycles. The molecule has 158 valence electrons. The molecule has 3 aromatic carbocycles. The van der Waals surface area contributed by atoms with Crippen LogP contribution in [0.1, 0.15) is 5.56 Å². The number of amides is 1. The Kier molecular flexibility index (Phi) is 5.75. The van der Waals surface area contributed by atoms with E-state index in [0.717, 1.165) is 33.8 Å². The normalized spacial score (nSPS) is 11.4. The summed E-state index contributed by atoms with van der Waals surface area (Å²) in [5.74, 6) is -0.123. The first-order chi connectivity index (χ1) is 14.8. The summed E-state index contributed by atoms with van der Waals surface area (Å²) in [6, 6.07) is 21.0. The highest BCUT2D eigenvalue weighted by atomic mass is 32.2. The molecule has 0 radical (unpaired) electrons. The predicted molar refractivity (Wildman–Crippen MR) is 127 cm³/mol. The quantitative estimate of drug-likeness (QED) is 0.467. The number of nitrogens with one attached hydrogen (secondary N) is 1. The number of anilines is 2. The minimum absolute atomic E-state index is 0.123. The summed E-state index contributed by atoms with van der Waals surface area (Å²) in [5, 5.41) is 7.44. The number of nitrogens with zero attached hydrogens (tertiary/aromatic N) is 2. The molecule has 31 heavy (non-hydrogen) atoms. The van der Waals surface area contributed by atoms with Crippen LogP contribution in [0.25, 0.3) is 22.0 Å². The molecule has 0 saturated carbocycles. The fourth-order valence-corrected chi connectivity index (χ4v) is 4.52. The van der Waals surface area contributed by atoms with Crippen molar-refractivity contribution in [2.24, 2.45) is 0 Å². The predicted octanol–water partition coefficient (Wildman–Crippen LogP) is 4.54. The number of aromatic nitrogens is 1. The zero-order valence-electron chi connectivity index (χ0n) is 17.1. The molecule has 4 rings (SSSR count). The fourth-order valence-electron chi connectivity index (χ4n) is 3.28. The average Bonchev–Trinajstić information content (AvgIpc) is 3.21. The molecular formula is C23H21N3O3S2. The van der Waals surface area contributed by atoms with Crippen LogP contribution in [-0.4, -0.2) is 32.6 Å². The fraction of sp³-hybridized carbons (Fsp3) is 0.130. The maximum atomic E-state index is 12.6. The van der Waals surface area contributed by atoms with E-state index in [-0.39, 0.29) is 12.3 Å². The van der Waals surface area contributed by atoms with Gasteiger partial charge in [-0.05, 0) is 28.5 Å². The lowest BCUT2D eigenvalue weighted by Crippen LogP contribution is -2.24. The molecule has 0 spiro atoms. The topological polar surface area (TPSA) is 79.4 Å². The standard InChI is InChI=1S/C23H21N3O3S2/c1-26(31(2,28)29)19-12-10-17(11-13-19)21-15-30-23(24-21)25-22(27)14-18-8-5-7-16-6-3-4-9-20(16)18/h3-13,15H,14H2,1-2H3,(H,24,25,27). The lowest BCUT2D eigenvalue weighted by atomic mass is 10.0. The van der Waals surface area contributed by atoms with Crippen LogP contribution in [0.3, 0.4) is 0 Å². The Hall–Kier alpha value is -3.23. The van der Waals surface area contributed by atoms with Crippen LogP contribution in [0.15, 0.2) is 72.1 Å². The molecule has 0 unspecified atom stereocenters. The van der Waals surface area contributed by atoms with Crippen molar-refractivity contribution in [2.45, 2.75) is 6.42 Å². The third-order valence-electron chi connectivity index (χ3n) is 5.01. The molecule has 1 amide bonds. The number of fused-ring (bicyclic) bond motifs is 1. The molecule has 1 heterocycles. The smallest absolute Gasteiger partial charge is 0.231 e. The molecule has 0 atom stereocenters. The summed E-state index contributed by atoms with van der Waals surface area (Å²) >= 11 is 1.35. The van der Waals surface area contributed by atoms with Gasteiger partial charge < -0.3 is 5.32 Å². The Labute approximate surface area is 185 Å². The van der Waals surface area contributed by atoms with Crippen molar-refractivity contribution >= 4 is 48.9 Å². The first kappa shape index (κ1) is 21.0. The molecule has 1 N–H and O–H groups in total. The van der Waals surface area contributed by atoms with Crippen LogP contribution >= 0.6 is 11.3 Å². The summed E-state index contributed by atoms with van der Waals surface area (Å²) < 4.78 is 24.6. The number of benzene rings is 3. The zero-order chi connectivity index (χ0) is 22.0. The number of sulfonamides is 1. The molecule has 0 aliphatic heterocycles. The molecule has 0 aliphatic carbocycles. The monoisotopic (exact) mass is 451 g/mol. The number of carbonyl (C=O) groups excluding carboxylic acids is 1. The van der Waals surface area contributed by atoms with Gasteiger partial charge in [0.25, 0.3) is 0 Å². The van der Waals surface area contributed by atoms with Crippen LogP contribution in [0.5, 0.6) is 0 Å². The Morgan fingerprint density at radius 1 is 1.03 bits per heavy atom. The zero-order valence-corrected chi connectivity index (χ0v) is 18.7. The molecule has 0 bridgehead atoms. The summed E-state index contributed by atoms with van der Waals surface area (Å²) in [5.41, 5.74) is 3.11. The minimum Gasteiger partial charge on any atom is -0.302 e. The maximum Gasteiger partial charge on any atom is 0.231 e. The molecule has 6 nitrogen and oxygen atoms in total. The van der Waals surface area contributed by atoms with E-state index in [1.54, 1.807) is 12.1 Å². The van der Waals surface area contributed by atoms with Gasteiger partial charge in [0.05, 0.1) is 24.1 Å². The minimum atomic E-state index is -3.31. The van der Waals surface area contributed by atoms with Gasteiger partial charge in [0, 0.05) is 18.0 Å². The lowest BCUT2D eigenvalue weighted by molar-refractivity contribution is -0.115. The molecule has 0 aliphatic rings. The molecule has 0 fully saturated rings. The van der Waals surface area contributed by atoms with Crippen molar-refractivity contribution in [3.63, 3.8) is 0 Å². The summed E-state index contributed by atoms with van der Waals surface area (Å²) in [6.07, 6.45) is 1.43. The first-order valence-electron chi connectivity index (χ1n) is 9.57. The summed E-state index contributed by atoms with van der Waals surface area (Å²) in [7, 11) is -1.80. The SMILES string of the molecule is CN(c1ccc(-c2csc(NC(=O)Cc3cccc4ccccc34)n2)cc1)S(C)(=O)=O. The van der Waals surface area contributed by atoms with E-state index in [1.807, 2.05) is 60.0 Å². The molecule has 4 aromatic rings. The second-order valence-corrected chi connectivity index (χ2v) is 10.1. The van der Waals surface area contributed by atoms with Gasteiger partial charge in [0.1, 0.15) is 0 Å². The number of thiazole rings is 1. The third kappa shape index (κ3) is 4.76. The Morgan fingerprint density at radius 3 is 2.48 bits per heavy atom. The number of rotatable bonds is 6. The highest BCUT2D eigenvalue weighted by molar-refractivity contribution is 7.92. The number of hydrogen-bond acceptors (Lipinski definition) is 5. The average molecular weight is 452 g/mol. The van der Waals surface area contributed by atoms with Crippen LogP contribution in [0, 0.1) is 0 Å². The molecule has 8 heteroatoms. The van der Waals surface area contributed by atoms with Gasteiger partial charge in [0.2, 0.25) is 15.9 Å². The van der Waals surface area contributed by atoms with Gasteiger partial charge in [0.15, 0.2) is 5.13 Å². The van der Waals surface area contributed by atoms with Gasteiger partial charge >= 0.3 is 0 Å². The van der Waals surface area contributed by atoms with Crippen molar-refractivity contribution in [3.8, 4) is 11.3 Å². The molecule has 1 aromatic heterocycles. The van der Waals surface area contributed by atoms with Crippen LogP contribution in [0.4, 0.5) is 10.8 Å². The first-order valence-corrected chi connectivity index (χ1v) is 12.3. The number of hydrogen-bond donors (Lipinski definition) is 1. The number of carbonyl (C=O) groups is 1. The van der Waals surface area contributed by atoms with E-state index in [2.05, 4.69) is 10.3 Å². The van der Waals surface area contributed by atoms with E-state index < -0.39 is 10.0 Å². The Balaban J connectivity index is 1.46. The highest BCUT2D eigenvalue weighted by Gasteiger charge is 2.13. The maximum absolute atomic E-state index is 12.6. The summed E-state index contributed by atoms with van der Waals surface area (Å²) in [4.78, 5) is 17.1. The van der Waals surface area contributed by atoms with Gasteiger partial charge in [-0.15, -0.1) is 11.3 Å². The van der Waals surface area contributed by atoms with Crippen LogP contribution in [-0.2, 0) is 21.2 Å². The van der Waals surface area contributed by atoms with Gasteiger partial charge in [-0.3, -0.25) is 9.10 Å². The van der Waals surface area contributed by atoms with E-state index in [0.29, 0.717) is 10.8 Å². The van der Waals surface area contributed by atoms with Gasteiger partial charge in [-0.2, -0.15) is 0 Å².